The number of aromatic nitrogens is 2. The SMILES string of the molecule is O=C1C[C@@H](c2nc3ccccc3n2CCN2CCOCC2)CN1c1ccc(F)cc1. The number of benzene rings is 2. The van der Waals surface area contributed by atoms with Gasteiger partial charge in [-0.3, -0.25) is 9.69 Å². The molecule has 2 aliphatic heterocycles. The Morgan fingerprint density at radius 3 is 2.60 bits per heavy atom. The third-order valence-electron chi connectivity index (χ3n) is 6.06. The van der Waals surface area contributed by atoms with Crippen LogP contribution in [0.1, 0.15) is 18.2 Å². The van der Waals surface area contributed by atoms with Crippen LogP contribution in [0.5, 0.6) is 0 Å². The Morgan fingerprint density at radius 1 is 1.03 bits per heavy atom. The molecule has 30 heavy (non-hydrogen) atoms. The summed E-state index contributed by atoms with van der Waals surface area (Å²) in [6.07, 6.45) is 0.415. The van der Waals surface area contributed by atoms with Gasteiger partial charge >= 0.3 is 0 Å². The van der Waals surface area contributed by atoms with E-state index in [1.807, 2.05) is 18.2 Å². The van der Waals surface area contributed by atoms with Gasteiger partial charge in [0.15, 0.2) is 0 Å². The molecule has 1 amide bonds. The molecule has 3 aromatic rings. The average Bonchev–Trinajstić information content (AvgIpc) is 3.34. The Kier molecular flexibility index (Phi) is 5.23. The van der Waals surface area contributed by atoms with E-state index in [2.05, 4.69) is 15.5 Å². The van der Waals surface area contributed by atoms with Crippen LogP contribution in [0.3, 0.4) is 0 Å². The first-order chi connectivity index (χ1) is 14.7. The molecule has 7 heteroatoms. The number of para-hydroxylation sites is 2. The second-order valence-corrected chi connectivity index (χ2v) is 7.95. The van der Waals surface area contributed by atoms with Crippen LogP contribution in [0.25, 0.3) is 11.0 Å². The van der Waals surface area contributed by atoms with E-state index in [1.54, 1.807) is 17.0 Å². The van der Waals surface area contributed by atoms with Crippen molar-refractivity contribution in [1.82, 2.24) is 14.5 Å². The number of hydrogen-bond acceptors (Lipinski definition) is 4. The number of fused-ring (bicyclic) bond motifs is 1. The van der Waals surface area contributed by atoms with Crippen molar-refractivity contribution in [3.05, 3.63) is 60.2 Å². The highest BCUT2D eigenvalue weighted by Gasteiger charge is 2.34. The van der Waals surface area contributed by atoms with E-state index in [4.69, 9.17) is 9.72 Å². The monoisotopic (exact) mass is 408 g/mol. The summed E-state index contributed by atoms with van der Waals surface area (Å²) in [6, 6.07) is 14.3. The van der Waals surface area contributed by atoms with Gasteiger partial charge < -0.3 is 14.2 Å². The van der Waals surface area contributed by atoms with E-state index in [1.165, 1.54) is 12.1 Å². The normalized spacial score (nSPS) is 20.4. The number of halogens is 1. The van der Waals surface area contributed by atoms with Crippen LogP contribution >= 0.6 is 0 Å². The number of imidazole rings is 1. The Bertz CT molecular complexity index is 1040. The Balaban J connectivity index is 1.42. The van der Waals surface area contributed by atoms with E-state index >= 15 is 0 Å². The molecule has 3 heterocycles. The number of carbonyl (C=O) groups excluding carboxylic acids is 1. The fourth-order valence-electron chi connectivity index (χ4n) is 4.46. The molecule has 156 valence electrons. The summed E-state index contributed by atoms with van der Waals surface area (Å²) >= 11 is 0. The van der Waals surface area contributed by atoms with Crippen LogP contribution in [0, 0.1) is 5.82 Å². The quantitative estimate of drug-likeness (QED) is 0.651. The van der Waals surface area contributed by atoms with Gasteiger partial charge in [-0.1, -0.05) is 12.1 Å². The van der Waals surface area contributed by atoms with Gasteiger partial charge in [0.2, 0.25) is 5.91 Å². The number of nitrogens with zero attached hydrogens (tertiary/aromatic N) is 4. The fraction of sp³-hybridized carbons (Fsp3) is 0.391. The van der Waals surface area contributed by atoms with E-state index in [0.717, 1.165) is 61.9 Å². The summed E-state index contributed by atoms with van der Waals surface area (Å²) in [6.45, 7) is 5.77. The van der Waals surface area contributed by atoms with Crippen molar-refractivity contribution in [2.45, 2.75) is 18.9 Å². The highest BCUT2D eigenvalue weighted by atomic mass is 19.1. The van der Waals surface area contributed by atoms with Gasteiger partial charge in [0.05, 0.1) is 24.2 Å². The van der Waals surface area contributed by atoms with Crippen molar-refractivity contribution in [2.75, 3.05) is 44.3 Å². The highest BCUT2D eigenvalue weighted by molar-refractivity contribution is 5.96. The number of morpholine rings is 1. The largest absolute Gasteiger partial charge is 0.379 e. The molecule has 5 rings (SSSR count). The molecule has 2 aliphatic rings. The number of rotatable bonds is 5. The van der Waals surface area contributed by atoms with Crippen LogP contribution in [-0.2, 0) is 16.1 Å². The number of ether oxygens (including phenoxy) is 1. The van der Waals surface area contributed by atoms with Crippen LogP contribution in [0.4, 0.5) is 10.1 Å². The molecule has 0 bridgehead atoms. The third kappa shape index (κ3) is 3.70. The molecule has 2 aromatic carbocycles. The molecular formula is C23H25FN4O2. The standard InChI is InChI=1S/C23H25FN4O2/c24-18-5-7-19(8-6-18)28-16-17(15-22(28)29)23-25-20-3-1-2-4-21(20)27(23)10-9-26-11-13-30-14-12-26/h1-8,17H,9-16H2/t17-/m1/s1. The van der Waals surface area contributed by atoms with Crippen LogP contribution in [0.15, 0.2) is 48.5 Å². The van der Waals surface area contributed by atoms with Gasteiger partial charge in [0.1, 0.15) is 11.6 Å². The van der Waals surface area contributed by atoms with Gasteiger partial charge in [-0.15, -0.1) is 0 Å². The maximum Gasteiger partial charge on any atom is 0.227 e. The van der Waals surface area contributed by atoms with Gasteiger partial charge in [-0.05, 0) is 36.4 Å². The lowest BCUT2D eigenvalue weighted by Gasteiger charge is -2.27. The molecule has 0 unspecified atom stereocenters. The molecular weight excluding hydrogens is 383 g/mol. The summed E-state index contributed by atoms with van der Waals surface area (Å²) in [5, 5.41) is 0. The molecule has 0 saturated carbocycles. The first-order valence-electron chi connectivity index (χ1n) is 10.5. The van der Waals surface area contributed by atoms with Crippen molar-refractivity contribution in [3.8, 4) is 0 Å². The number of amides is 1. The third-order valence-corrected chi connectivity index (χ3v) is 6.06. The molecule has 2 fully saturated rings. The first kappa shape index (κ1) is 19.2. The van der Waals surface area contributed by atoms with Gasteiger partial charge in [-0.2, -0.15) is 0 Å². The molecule has 2 saturated heterocycles. The summed E-state index contributed by atoms with van der Waals surface area (Å²) in [4.78, 5) is 21.8. The van der Waals surface area contributed by atoms with E-state index in [9.17, 15) is 9.18 Å². The zero-order valence-electron chi connectivity index (χ0n) is 16.8. The van der Waals surface area contributed by atoms with Crippen molar-refractivity contribution < 1.29 is 13.9 Å². The van der Waals surface area contributed by atoms with Crippen LogP contribution in [0.2, 0.25) is 0 Å². The van der Waals surface area contributed by atoms with Crippen LogP contribution in [-0.4, -0.2) is 59.8 Å². The minimum Gasteiger partial charge on any atom is -0.379 e. The lowest BCUT2D eigenvalue weighted by molar-refractivity contribution is -0.117. The van der Waals surface area contributed by atoms with Crippen LogP contribution < -0.4 is 4.90 Å². The molecule has 6 nitrogen and oxygen atoms in total. The minimum atomic E-state index is -0.299. The summed E-state index contributed by atoms with van der Waals surface area (Å²) in [5.74, 6) is 0.729. The lowest BCUT2D eigenvalue weighted by atomic mass is 10.1. The topological polar surface area (TPSA) is 50.6 Å². The highest BCUT2D eigenvalue weighted by Crippen LogP contribution is 2.33. The lowest BCUT2D eigenvalue weighted by Crippen LogP contribution is -2.38. The van der Waals surface area contributed by atoms with Gasteiger partial charge in [-0.25, -0.2) is 9.37 Å². The van der Waals surface area contributed by atoms with E-state index < -0.39 is 0 Å². The Labute approximate surface area is 174 Å². The maximum absolute atomic E-state index is 13.3. The number of carbonyl (C=O) groups is 1. The minimum absolute atomic E-state index is 0.0136. The Hall–Kier alpha value is -2.77. The summed E-state index contributed by atoms with van der Waals surface area (Å²) < 4.78 is 21.0. The average molecular weight is 408 g/mol. The van der Waals surface area contributed by atoms with E-state index in [0.29, 0.717) is 13.0 Å². The predicted octanol–water partition coefficient (Wildman–Crippen LogP) is 3.03. The van der Waals surface area contributed by atoms with Crippen molar-refractivity contribution in [3.63, 3.8) is 0 Å². The smallest absolute Gasteiger partial charge is 0.227 e. The zero-order valence-corrected chi connectivity index (χ0v) is 16.8. The number of anilines is 1. The predicted molar refractivity (Wildman–Crippen MR) is 113 cm³/mol. The molecule has 0 aliphatic carbocycles. The second-order valence-electron chi connectivity index (χ2n) is 7.95. The summed E-state index contributed by atoms with van der Waals surface area (Å²) in [5.41, 5.74) is 2.80. The molecule has 1 atom stereocenters. The molecule has 0 spiro atoms. The van der Waals surface area contributed by atoms with E-state index in [-0.39, 0.29) is 17.6 Å². The first-order valence-corrected chi connectivity index (χ1v) is 10.5. The zero-order chi connectivity index (χ0) is 20.5. The molecule has 0 radical (unpaired) electrons. The summed E-state index contributed by atoms with van der Waals surface area (Å²) in [7, 11) is 0. The number of hydrogen-bond donors (Lipinski definition) is 0. The maximum atomic E-state index is 13.3. The van der Waals surface area contributed by atoms with Crippen molar-refractivity contribution >= 4 is 22.6 Å². The van der Waals surface area contributed by atoms with Crippen molar-refractivity contribution in [1.29, 1.82) is 0 Å². The fourth-order valence-corrected chi connectivity index (χ4v) is 4.46. The molecule has 0 N–H and O–H groups in total. The van der Waals surface area contributed by atoms with Gasteiger partial charge in [0.25, 0.3) is 0 Å². The van der Waals surface area contributed by atoms with Gasteiger partial charge in [0, 0.05) is 50.7 Å². The molecule has 1 aromatic heterocycles. The Morgan fingerprint density at radius 2 is 1.80 bits per heavy atom. The van der Waals surface area contributed by atoms with Crippen molar-refractivity contribution in [2.24, 2.45) is 0 Å². The second kappa shape index (κ2) is 8.16.